The third-order valence-electron chi connectivity index (χ3n) is 2.95. The quantitative estimate of drug-likeness (QED) is 0.588. The maximum Gasteiger partial charge on any atom is 0.330 e. The summed E-state index contributed by atoms with van der Waals surface area (Å²) < 4.78 is 1.45. The van der Waals surface area contributed by atoms with Crippen molar-refractivity contribution in [3.8, 4) is 0 Å². The molecule has 0 aromatic carbocycles. The summed E-state index contributed by atoms with van der Waals surface area (Å²) in [6.45, 7) is 1.78. The molecule has 1 atom stereocenters. The molecule has 2 N–H and O–H groups in total. The van der Waals surface area contributed by atoms with Crippen LogP contribution in [0.1, 0.15) is 19.3 Å². The van der Waals surface area contributed by atoms with E-state index in [1.165, 1.54) is 23.7 Å². The Morgan fingerprint density at radius 1 is 1.76 bits per heavy atom. The third kappa shape index (κ3) is 2.94. The Kier molecular flexibility index (Phi) is 3.58. The van der Waals surface area contributed by atoms with E-state index in [9.17, 15) is 10.1 Å². The number of nitrogens with one attached hydrogen (secondary N) is 2. The number of aryl methyl sites for hydroxylation is 1. The standard InChI is InChI=1S/C10H17N5O2/c1-14-7-9(15(16)17)10(13-14)12-6-4-8-3-2-5-11-8/h7-8,11H,2-6H2,1H3,(H,12,13). The molecule has 1 aliphatic heterocycles. The smallest absolute Gasteiger partial charge is 0.330 e. The van der Waals surface area contributed by atoms with E-state index in [4.69, 9.17) is 0 Å². The van der Waals surface area contributed by atoms with Crippen LogP contribution in [0.4, 0.5) is 11.5 Å². The Labute approximate surface area is 99.3 Å². The van der Waals surface area contributed by atoms with Gasteiger partial charge in [-0.2, -0.15) is 0 Å². The van der Waals surface area contributed by atoms with Crippen molar-refractivity contribution in [1.82, 2.24) is 15.1 Å². The Balaban J connectivity index is 1.87. The zero-order chi connectivity index (χ0) is 12.3. The van der Waals surface area contributed by atoms with E-state index in [-0.39, 0.29) is 5.69 Å². The van der Waals surface area contributed by atoms with Crippen molar-refractivity contribution in [2.24, 2.45) is 7.05 Å². The predicted molar refractivity (Wildman–Crippen MR) is 64.0 cm³/mol. The van der Waals surface area contributed by atoms with Crippen LogP contribution >= 0.6 is 0 Å². The summed E-state index contributed by atoms with van der Waals surface area (Å²) in [5.41, 5.74) is 0.0341. The van der Waals surface area contributed by atoms with Gasteiger partial charge in [-0.25, -0.2) is 0 Å². The summed E-state index contributed by atoms with van der Waals surface area (Å²) in [4.78, 5) is 10.3. The van der Waals surface area contributed by atoms with Crippen LogP contribution in [-0.4, -0.2) is 33.8 Å². The van der Waals surface area contributed by atoms with Gasteiger partial charge in [0, 0.05) is 19.6 Å². The largest absolute Gasteiger partial charge is 0.363 e. The van der Waals surface area contributed by atoms with Gasteiger partial charge in [0.25, 0.3) is 0 Å². The first-order valence-electron chi connectivity index (χ1n) is 5.82. The first-order valence-corrected chi connectivity index (χ1v) is 5.82. The molecule has 2 heterocycles. The van der Waals surface area contributed by atoms with Crippen molar-refractivity contribution in [2.45, 2.75) is 25.3 Å². The summed E-state index contributed by atoms with van der Waals surface area (Å²) >= 11 is 0. The van der Waals surface area contributed by atoms with Crippen molar-refractivity contribution in [1.29, 1.82) is 0 Å². The molecule has 7 heteroatoms. The van der Waals surface area contributed by atoms with E-state index < -0.39 is 4.92 Å². The molecule has 17 heavy (non-hydrogen) atoms. The molecule has 0 saturated carbocycles. The van der Waals surface area contributed by atoms with Gasteiger partial charge in [0.15, 0.2) is 0 Å². The van der Waals surface area contributed by atoms with Gasteiger partial charge in [-0.05, 0) is 25.8 Å². The van der Waals surface area contributed by atoms with Gasteiger partial charge < -0.3 is 10.6 Å². The molecule has 0 aliphatic carbocycles. The van der Waals surface area contributed by atoms with Crippen LogP contribution in [-0.2, 0) is 7.05 Å². The number of nitro groups is 1. The van der Waals surface area contributed by atoms with Crippen molar-refractivity contribution < 1.29 is 4.92 Å². The summed E-state index contributed by atoms with van der Waals surface area (Å²) in [5.74, 6) is 0.357. The molecular weight excluding hydrogens is 222 g/mol. The molecule has 1 aliphatic rings. The van der Waals surface area contributed by atoms with E-state index >= 15 is 0 Å². The lowest BCUT2D eigenvalue weighted by Crippen LogP contribution is -2.24. The average molecular weight is 239 g/mol. The van der Waals surface area contributed by atoms with Crippen LogP contribution < -0.4 is 10.6 Å². The highest BCUT2D eigenvalue weighted by atomic mass is 16.6. The summed E-state index contributed by atoms with van der Waals surface area (Å²) in [5, 5.41) is 21.2. The Morgan fingerprint density at radius 2 is 2.59 bits per heavy atom. The lowest BCUT2D eigenvalue weighted by molar-refractivity contribution is -0.384. The Bertz CT molecular complexity index is 397. The van der Waals surface area contributed by atoms with E-state index in [0.29, 0.717) is 18.4 Å². The van der Waals surface area contributed by atoms with Crippen LogP contribution in [0.3, 0.4) is 0 Å². The molecular formula is C10H17N5O2. The van der Waals surface area contributed by atoms with Crippen LogP contribution in [0.25, 0.3) is 0 Å². The monoisotopic (exact) mass is 239 g/mol. The van der Waals surface area contributed by atoms with Crippen LogP contribution in [0.5, 0.6) is 0 Å². The average Bonchev–Trinajstić information content (AvgIpc) is 2.88. The minimum atomic E-state index is -0.414. The predicted octanol–water partition coefficient (Wildman–Crippen LogP) is 0.882. The lowest BCUT2D eigenvalue weighted by atomic mass is 10.1. The molecule has 1 saturated heterocycles. The SMILES string of the molecule is Cn1cc([N+](=O)[O-])c(NCCC2CCCN2)n1. The molecule has 0 bridgehead atoms. The van der Waals surface area contributed by atoms with Gasteiger partial charge in [0.2, 0.25) is 5.82 Å². The number of anilines is 1. The van der Waals surface area contributed by atoms with Crippen molar-refractivity contribution in [3.63, 3.8) is 0 Å². The molecule has 1 fully saturated rings. The van der Waals surface area contributed by atoms with E-state index in [1.54, 1.807) is 7.05 Å². The van der Waals surface area contributed by atoms with Gasteiger partial charge >= 0.3 is 5.69 Å². The van der Waals surface area contributed by atoms with Gasteiger partial charge in [0.05, 0.1) is 4.92 Å². The van der Waals surface area contributed by atoms with Gasteiger partial charge in [-0.3, -0.25) is 14.8 Å². The zero-order valence-corrected chi connectivity index (χ0v) is 9.85. The minimum Gasteiger partial charge on any atom is -0.363 e. The van der Waals surface area contributed by atoms with Crippen molar-refractivity contribution in [3.05, 3.63) is 16.3 Å². The fourth-order valence-electron chi connectivity index (χ4n) is 2.10. The molecule has 0 radical (unpaired) electrons. The maximum absolute atomic E-state index is 10.8. The molecule has 1 aromatic heterocycles. The molecule has 0 spiro atoms. The fraction of sp³-hybridized carbons (Fsp3) is 0.700. The van der Waals surface area contributed by atoms with Gasteiger partial charge in [0.1, 0.15) is 6.20 Å². The highest BCUT2D eigenvalue weighted by molar-refractivity contribution is 5.54. The molecule has 1 unspecified atom stereocenters. The first kappa shape index (κ1) is 11.8. The molecule has 1 aromatic rings. The number of hydrogen-bond donors (Lipinski definition) is 2. The molecule has 94 valence electrons. The van der Waals surface area contributed by atoms with Crippen molar-refractivity contribution in [2.75, 3.05) is 18.4 Å². The lowest BCUT2D eigenvalue weighted by Gasteiger charge is -2.09. The van der Waals surface area contributed by atoms with Crippen LogP contribution in [0, 0.1) is 10.1 Å². The number of aromatic nitrogens is 2. The zero-order valence-electron chi connectivity index (χ0n) is 9.85. The second-order valence-corrected chi connectivity index (χ2v) is 4.30. The molecule has 7 nitrogen and oxygen atoms in total. The topological polar surface area (TPSA) is 85.0 Å². The number of rotatable bonds is 5. The molecule has 2 rings (SSSR count). The van der Waals surface area contributed by atoms with Crippen molar-refractivity contribution >= 4 is 11.5 Å². The molecule has 0 amide bonds. The van der Waals surface area contributed by atoms with E-state index in [0.717, 1.165) is 13.0 Å². The summed E-state index contributed by atoms with van der Waals surface area (Å²) in [6.07, 6.45) is 4.78. The highest BCUT2D eigenvalue weighted by Gasteiger charge is 2.19. The van der Waals surface area contributed by atoms with E-state index in [2.05, 4.69) is 15.7 Å². The first-order chi connectivity index (χ1) is 8.16. The van der Waals surface area contributed by atoms with Gasteiger partial charge in [-0.15, -0.1) is 5.10 Å². The summed E-state index contributed by atoms with van der Waals surface area (Å²) in [7, 11) is 1.68. The van der Waals surface area contributed by atoms with Crippen LogP contribution in [0.2, 0.25) is 0 Å². The third-order valence-corrected chi connectivity index (χ3v) is 2.95. The van der Waals surface area contributed by atoms with Crippen LogP contribution in [0.15, 0.2) is 6.20 Å². The second kappa shape index (κ2) is 5.13. The fourth-order valence-corrected chi connectivity index (χ4v) is 2.10. The Morgan fingerprint density at radius 3 is 3.24 bits per heavy atom. The number of nitrogens with zero attached hydrogens (tertiary/aromatic N) is 3. The van der Waals surface area contributed by atoms with Gasteiger partial charge in [-0.1, -0.05) is 0 Å². The number of hydrogen-bond acceptors (Lipinski definition) is 5. The minimum absolute atomic E-state index is 0.0341. The highest BCUT2D eigenvalue weighted by Crippen LogP contribution is 2.21. The Hall–Kier alpha value is -1.63. The maximum atomic E-state index is 10.8. The normalized spacial score (nSPS) is 19.5. The van der Waals surface area contributed by atoms with E-state index in [1.807, 2.05) is 0 Å². The summed E-state index contributed by atoms with van der Waals surface area (Å²) in [6, 6.07) is 0.533. The second-order valence-electron chi connectivity index (χ2n) is 4.30.